The van der Waals surface area contributed by atoms with Crippen LogP contribution in [0.25, 0.3) is 0 Å². The molecule has 0 aliphatic carbocycles. The molecule has 0 unspecified atom stereocenters. The van der Waals surface area contributed by atoms with Crippen molar-refractivity contribution in [3.8, 4) is 0 Å². The second-order valence-electron chi connectivity index (χ2n) is 5.66. The SMILES string of the molecule is CCN[C@@H](CN)C(=O)Nc1ccc(N2CCOCC2=O)c(C(F)(F)F)c1. The number of rotatable bonds is 6. The van der Waals surface area contributed by atoms with Crippen molar-refractivity contribution in [3.05, 3.63) is 23.8 Å². The summed E-state index contributed by atoms with van der Waals surface area (Å²) in [4.78, 5) is 25.0. The van der Waals surface area contributed by atoms with Crippen LogP contribution in [0.3, 0.4) is 0 Å². The lowest BCUT2D eigenvalue weighted by molar-refractivity contribution is -0.137. The molecule has 1 aromatic carbocycles. The van der Waals surface area contributed by atoms with E-state index < -0.39 is 29.6 Å². The molecule has 2 amide bonds. The fourth-order valence-electron chi connectivity index (χ4n) is 2.61. The van der Waals surface area contributed by atoms with Crippen LogP contribution in [0, 0.1) is 0 Å². The van der Waals surface area contributed by atoms with Crippen molar-refractivity contribution in [1.82, 2.24) is 5.32 Å². The quantitative estimate of drug-likeness (QED) is 0.689. The number of likely N-dealkylation sites (N-methyl/N-ethyl adjacent to an activating group) is 1. The molecule has 1 aromatic rings. The summed E-state index contributed by atoms with van der Waals surface area (Å²) in [5.41, 5.74) is 4.21. The highest BCUT2D eigenvalue weighted by Crippen LogP contribution is 2.38. The van der Waals surface area contributed by atoms with E-state index in [0.29, 0.717) is 6.54 Å². The summed E-state index contributed by atoms with van der Waals surface area (Å²) in [6, 6.07) is 2.60. The summed E-state index contributed by atoms with van der Waals surface area (Å²) in [5, 5.41) is 5.26. The van der Waals surface area contributed by atoms with E-state index in [0.717, 1.165) is 11.0 Å². The van der Waals surface area contributed by atoms with Gasteiger partial charge in [-0.3, -0.25) is 9.59 Å². The van der Waals surface area contributed by atoms with Gasteiger partial charge in [0.15, 0.2) is 0 Å². The molecule has 1 atom stereocenters. The minimum Gasteiger partial charge on any atom is -0.370 e. The van der Waals surface area contributed by atoms with Crippen LogP contribution in [0.5, 0.6) is 0 Å². The number of benzene rings is 1. The van der Waals surface area contributed by atoms with Gasteiger partial charge in [0.25, 0.3) is 5.91 Å². The Kier molecular flexibility index (Phi) is 6.57. The van der Waals surface area contributed by atoms with Crippen LogP contribution in [0.2, 0.25) is 0 Å². The molecule has 1 heterocycles. The highest BCUT2D eigenvalue weighted by Gasteiger charge is 2.37. The first-order valence-electron chi connectivity index (χ1n) is 8.11. The number of ether oxygens (including phenoxy) is 1. The molecule has 1 saturated heterocycles. The molecule has 10 heteroatoms. The van der Waals surface area contributed by atoms with Crippen LogP contribution in [0.1, 0.15) is 12.5 Å². The van der Waals surface area contributed by atoms with Crippen LogP contribution in [0.4, 0.5) is 24.5 Å². The Morgan fingerprint density at radius 3 is 2.73 bits per heavy atom. The number of nitrogens with zero attached hydrogens (tertiary/aromatic N) is 1. The minimum absolute atomic E-state index is 0.00612. The van der Waals surface area contributed by atoms with Gasteiger partial charge in [-0.15, -0.1) is 0 Å². The van der Waals surface area contributed by atoms with E-state index in [-0.39, 0.29) is 37.7 Å². The van der Waals surface area contributed by atoms with Crippen molar-refractivity contribution in [2.45, 2.75) is 19.1 Å². The number of morpholine rings is 1. The molecule has 0 aromatic heterocycles. The third-order valence-corrected chi connectivity index (χ3v) is 3.85. The second-order valence-corrected chi connectivity index (χ2v) is 5.66. The van der Waals surface area contributed by atoms with E-state index in [1.54, 1.807) is 6.92 Å². The van der Waals surface area contributed by atoms with E-state index >= 15 is 0 Å². The average Bonchev–Trinajstić information content (AvgIpc) is 2.59. The van der Waals surface area contributed by atoms with Gasteiger partial charge in [0.05, 0.1) is 23.9 Å². The van der Waals surface area contributed by atoms with Crippen molar-refractivity contribution >= 4 is 23.2 Å². The lowest BCUT2D eigenvalue weighted by atomic mass is 10.1. The summed E-state index contributed by atoms with van der Waals surface area (Å²) in [7, 11) is 0. The monoisotopic (exact) mass is 374 g/mol. The van der Waals surface area contributed by atoms with Gasteiger partial charge in [0.1, 0.15) is 6.61 Å². The summed E-state index contributed by atoms with van der Waals surface area (Å²) in [6.07, 6.45) is -4.69. The molecule has 26 heavy (non-hydrogen) atoms. The number of nitrogens with one attached hydrogen (secondary N) is 2. The second kappa shape index (κ2) is 8.47. The fraction of sp³-hybridized carbons (Fsp3) is 0.500. The number of carbonyl (C=O) groups is 2. The molecule has 7 nitrogen and oxygen atoms in total. The summed E-state index contributed by atoms with van der Waals surface area (Å²) in [5.74, 6) is -1.08. The summed E-state index contributed by atoms with van der Waals surface area (Å²) in [6.45, 7) is 2.20. The van der Waals surface area contributed by atoms with Crippen LogP contribution < -0.4 is 21.3 Å². The predicted octanol–water partition coefficient (Wildman–Crippen LogP) is 0.944. The normalized spacial score (nSPS) is 16.5. The van der Waals surface area contributed by atoms with Gasteiger partial charge in [-0.1, -0.05) is 6.92 Å². The summed E-state index contributed by atoms with van der Waals surface area (Å²) >= 11 is 0. The zero-order chi connectivity index (χ0) is 19.3. The number of hydrogen-bond acceptors (Lipinski definition) is 5. The van der Waals surface area contributed by atoms with Gasteiger partial charge in [0, 0.05) is 18.8 Å². The Balaban J connectivity index is 2.31. The Morgan fingerprint density at radius 1 is 1.42 bits per heavy atom. The number of carbonyl (C=O) groups excluding carboxylic acids is 2. The highest BCUT2D eigenvalue weighted by molar-refractivity contribution is 5.98. The van der Waals surface area contributed by atoms with Gasteiger partial charge in [-0.05, 0) is 24.7 Å². The molecule has 2 rings (SSSR count). The topological polar surface area (TPSA) is 96.7 Å². The molecule has 1 aliphatic rings. The number of hydrogen-bond donors (Lipinski definition) is 3. The zero-order valence-corrected chi connectivity index (χ0v) is 14.2. The van der Waals surface area contributed by atoms with Crippen molar-refractivity contribution in [1.29, 1.82) is 0 Å². The van der Waals surface area contributed by atoms with Crippen LogP contribution in [-0.4, -0.2) is 50.7 Å². The summed E-state index contributed by atoms with van der Waals surface area (Å²) < 4.78 is 45.4. The highest BCUT2D eigenvalue weighted by atomic mass is 19.4. The maximum absolute atomic E-state index is 13.5. The number of amides is 2. The van der Waals surface area contributed by atoms with Crippen molar-refractivity contribution in [2.75, 3.05) is 43.1 Å². The van der Waals surface area contributed by atoms with E-state index in [2.05, 4.69) is 10.6 Å². The number of halogens is 3. The number of nitrogens with two attached hydrogens (primary N) is 1. The van der Waals surface area contributed by atoms with E-state index in [4.69, 9.17) is 10.5 Å². The number of alkyl halides is 3. The van der Waals surface area contributed by atoms with Gasteiger partial charge >= 0.3 is 6.18 Å². The Labute approximate surface area is 148 Å². The van der Waals surface area contributed by atoms with Crippen LogP contribution in [0.15, 0.2) is 18.2 Å². The van der Waals surface area contributed by atoms with E-state index in [1.165, 1.54) is 12.1 Å². The molecule has 0 saturated carbocycles. The molecular formula is C16H21F3N4O3. The number of anilines is 2. The lowest BCUT2D eigenvalue weighted by Gasteiger charge is -2.29. The van der Waals surface area contributed by atoms with E-state index in [1.807, 2.05) is 0 Å². The first kappa shape index (κ1) is 20.1. The van der Waals surface area contributed by atoms with Gasteiger partial charge < -0.3 is 26.0 Å². The third kappa shape index (κ3) is 4.71. The molecule has 0 spiro atoms. The predicted molar refractivity (Wildman–Crippen MR) is 89.8 cm³/mol. The molecule has 144 valence electrons. The molecule has 4 N–H and O–H groups in total. The lowest BCUT2D eigenvalue weighted by Crippen LogP contribution is -2.45. The minimum atomic E-state index is -4.69. The van der Waals surface area contributed by atoms with Gasteiger partial charge in [-0.25, -0.2) is 0 Å². The fourth-order valence-corrected chi connectivity index (χ4v) is 2.61. The molecular weight excluding hydrogens is 353 g/mol. The van der Waals surface area contributed by atoms with Gasteiger partial charge in [-0.2, -0.15) is 13.2 Å². The third-order valence-electron chi connectivity index (χ3n) is 3.85. The standard InChI is InChI=1S/C16H21F3N4O3/c1-2-21-12(8-20)15(25)22-10-3-4-13(11(7-10)16(17,18)19)23-5-6-26-9-14(23)24/h3-4,7,12,21H,2,5-6,8-9,20H2,1H3,(H,22,25)/t12-/m0/s1. The maximum atomic E-state index is 13.5. The average molecular weight is 374 g/mol. The molecule has 1 aliphatic heterocycles. The first-order chi connectivity index (χ1) is 12.3. The van der Waals surface area contributed by atoms with Gasteiger partial charge in [0.2, 0.25) is 5.91 Å². The van der Waals surface area contributed by atoms with Crippen molar-refractivity contribution in [2.24, 2.45) is 5.73 Å². The van der Waals surface area contributed by atoms with Crippen molar-refractivity contribution in [3.63, 3.8) is 0 Å². The maximum Gasteiger partial charge on any atom is 0.418 e. The van der Waals surface area contributed by atoms with Crippen LogP contribution in [-0.2, 0) is 20.5 Å². The smallest absolute Gasteiger partial charge is 0.370 e. The first-order valence-corrected chi connectivity index (χ1v) is 8.11. The molecule has 0 bridgehead atoms. The van der Waals surface area contributed by atoms with Crippen LogP contribution >= 0.6 is 0 Å². The Morgan fingerprint density at radius 2 is 2.15 bits per heavy atom. The van der Waals surface area contributed by atoms with Crippen molar-refractivity contribution < 1.29 is 27.5 Å². The zero-order valence-electron chi connectivity index (χ0n) is 14.2. The molecule has 0 radical (unpaired) electrons. The Bertz CT molecular complexity index is 667. The largest absolute Gasteiger partial charge is 0.418 e. The Hall–Kier alpha value is -2.17. The van der Waals surface area contributed by atoms with E-state index in [9.17, 15) is 22.8 Å². The molecule has 1 fully saturated rings.